The average molecular weight is 272 g/mol. The van der Waals surface area contributed by atoms with Crippen LogP contribution in [-0.4, -0.2) is 5.91 Å². The highest BCUT2D eigenvalue weighted by atomic mass is 19.1. The predicted molar refractivity (Wildman–Crippen MR) is 77.9 cm³/mol. The lowest BCUT2D eigenvalue weighted by Crippen LogP contribution is -2.27. The molecule has 0 bridgehead atoms. The van der Waals surface area contributed by atoms with Gasteiger partial charge in [-0.3, -0.25) is 4.79 Å². The first kappa shape index (κ1) is 14.1. The van der Waals surface area contributed by atoms with E-state index in [9.17, 15) is 9.18 Å². The molecule has 2 rings (SSSR count). The van der Waals surface area contributed by atoms with Crippen LogP contribution in [0, 0.1) is 12.7 Å². The van der Waals surface area contributed by atoms with Gasteiger partial charge in [-0.25, -0.2) is 4.39 Å². The molecule has 0 radical (unpaired) electrons. The summed E-state index contributed by atoms with van der Waals surface area (Å²) in [5.41, 5.74) is 7.86. The molecule has 0 unspecified atom stereocenters. The Morgan fingerprint density at radius 1 is 1.25 bits per heavy atom. The van der Waals surface area contributed by atoms with Gasteiger partial charge in [0.1, 0.15) is 5.82 Å². The minimum absolute atomic E-state index is 0.000339. The number of amides is 1. The molecule has 1 atom stereocenters. The van der Waals surface area contributed by atoms with E-state index in [0.717, 1.165) is 17.2 Å². The third-order valence-electron chi connectivity index (χ3n) is 3.24. The molecule has 0 aliphatic carbocycles. The van der Waals surface area contributed by atoms with Crippen LogP contribution in [0.25, 0.3) is 0 Å². The van der Waals surface area contributed by atoms with Crippen molar-refractivity contribution in [2.24, 2.45) is 0 Å². The summed E-state index contributed by atoms with van der Waals surface area (Å²) in [5.74, 6) is -1.06. The monoisotopic (exact) mass is 272 g/mol. The second kappa shape index (κ2) is 5.74. The Hall–Kier alpha value is -2.36. The fraction of sp³-hybridized carbons (Fsp3) is 0.188. The number of carbonyl (C=O) groups excluding carboxylic acids is 1. The molecular formula is C16H17FN2O. The van der Waals surface area contributed by atoms with Crippen LogP contribution < -0.4 is 11.1 Å². The van der Waals surface area contributed by atoms with E-state index in [1.165, 1.54) is 12.1 Å². The molecular weight excluding hydrogens is 255 g/mol. The molecule has 0 spiro atoms. The van der Waals surface area contributed by atoms with E-state index in [-0.39, 0.29) is 11.6 Å². The van der Waals surface area contributed by atoms with Crippen LogP contribution in [0.3, 0.4) is 0 Å². The maximum atomic E-state index is 13.7. The van der Waals surface area contributed by atoms with Crippen molar-refractivity contribution in [3.63, 3.8) is 0 Å². The van der Waals surface area contributed by atoms with Gasteiger partial charge in [0.2, 0.25) is 0 Å². The number of nitrogens with two attached hydrogens (primary N) is 1. The first-order chi connectivity index (χ1) is 9.49. The number of aryl methyl sites for hydroxylation is 1. The number of hydrogen-bond donors (Lipinski definition) is 2. The van der Waals surface area contributed by atoms with E-state index in [1.54, 1.807) is 0 Å². The molecule has 3 nitrogen and oxygen atoms in total. The summed E-state index contributed by atoms with van der Waals surface area (Å²) >= 11 is 0. The lowest BCUT2D eigenvalue weighted by atomic mass is 10.0. The Morgan fingerprint density at radius 3 is 2.60 bits per heavy atom. The molecule has 1 amide bonds. The molecule has 0 saturated carbocycles. The topological polar surface area (TPSA) is 55.1 Å². The Labute approximate surface area is 117 Å². The van der Waals surface area contributed by atoms with E-state index in [2.05, 4.69) is 5.32 Å². The number of rotatable bonds is 3. The van der Waals surface area contributed by atoms with Gasteiger partial charge in [0.05, 0.1) is 11.6 Å². The molecule has 3 N–H and O–H groups in total. The first-order valence-corrected chi connectivity index (χ1v) is 6.40. The number of hydrogen-bond acceptors (Lipinski definition) is 2. The fourth-order valence-electron chi connectivity index (χ4n) is 2.14. The highest BCUT2D eigenvalue weighted by Crippen LogP contribution is 2.18. The van der Waals surface area contributed by atoms with Crippen molar-refractivity contribution in [3.8, 4) is 0 Å². The van der Waals surface area contributed by atoms with Crippen molar-refractivity contribution >= 4 is 11.6 Å². The Morgan fingerprint density at radius 2 is 1.95 bits per heavy atom. The zero-order valence-corrected chi connectivity index (χ0v) is 11.5. The number of halogens is 1. The van der Waals surface area contributed by atoms with Gasteiger partial charge in [-0.2, -0.15) is 0 Å². The highest BCUT2D eigenvalue weighted by Gasteiger charge is 2.16. The lowest BCUT2D eigenvalue weighted by Gasteiger charge is -2.16. The number of carbonyl (C=O) groups is 1. The summed E-state index contributed by atoms with van der Waals surface area (Å²) < 4.78 is 13.7. The molecule has 0 heterocycles. The molecule has 0 aliphatic rings. The molecule has 4 heteroatoms. The first-order valence-electron chi connectivity index (χ1n) is 6.40. The van der Waals surface area contributed by atoms with Gasteiger partial charge in [0.15, 0.2) is 0 Å². The van der Waals surface area contributed by atoms with Crippen molar-refractivity contribution in [1.29, 1.82) is 0 Å². The van der Waals surface area contributed by atoms with Crippen molar-refractivity contribution < 1.29 is 9.18 Å². The Bertz CT molecular complexity index is 640. The normalized spacial score (nSPS) is 11.9. The zero-order valence-electron chi connectivity index (χ0n) is 11.5. The minimum atomic E-state index is -0.612. The lowest BCUT2D eigenvalue weighted by molar-refractivity contribution is 0.0936. The van der Waals surface area contributed by atoms with Gasteiger partial charge < -0.3 is 11.1 Å². The number of benzene rings is 2. The zero-order chi connectivity index (χ0) is 14.7. The van der Waals surface area contributed by atoms with E-state index in [0.29, 0.717) is 5.69 Å². The second-order valence-electron chi connectivity index (χ2n) is 4.79. The SMILES string of the molecule is Cc1ccccc1[C@H](C)NC(=O)c1ccc(N)cc1F. The van der Waals surface area contributed by atoms with Gasteiger partial charge in [-0.1, -0.05) is 24.3 Å². The van der Waals surface area contributed by atoms with E-state index in [4.69, 9.17) is 5.73 Å². The van der Waals surface area contributed by atoms with Crippen molar-refractivity contribution in [2.45, 2.75) is 19.9 Å². The van der Waals surface area contributed by atoms with Crippen LogP contribution in [0.4, 0.5) is 10.1 Å². The molecule has 0 aromatic heterocycles. The highest BCUT2D eigenvalue weighted by molar-refractivity contribution is 5.95. The third-order valence-corrected chi connectivity index (χ3v) is 3.24. The van der Waals surface area contributed by atoms with Crippen LogP contribution in [0.2, 0.25) is 0 Å². The minimum Gasteiger partial charge on any atom is -0.399 e. The molecule has 0 aliphatic heterocycles. The van der Waals surface area contributed by atoms with Crippen LogP contribution in [-0.2, 0) is 0 Å². The standard InChI is InChI=1S/C16H17FN2O/c1-10-5-3-4-6-13(10)11(2)19-16(20)14-8-7-12(18)9-15(14)17/h3-9,11H,18H2,1-2H3,(H,19,20)/t11-/m0/s1. The summed E-state index contributed by atoms with van der Waals surface area (Å²) in [7, 11) is 0. The quantitative estimate of drug-likeness (QED) is 0.843. The summed E-state index contributed by atoms with van der Waals surface area (Å²) in [6.45, 7) is 3.84. The Balaban J connectivity index is 2.17. The van der Waals surface area contributed by atoms with E-state index >= 15 is 0 Å². The van der Waals surface area contributed by atoms with Crippen LogP contribution in [0.5, 0.6) is 0 Å². The van der Waals surface area contributed by atoms with Crippen LogP contribution >= 0.6 is 0 Å². The van der Waals surface area contributed by atoms with E-state index < -0.39 is 11.7 Å². The fourth-order valence-corrected chi connectivity index (χ4v) is 2.14. The average Bonchev–Trinajstić information content (AvgIpc) is 2.38. The summed E-state index contributed by atoms with van der Waals surface area (Å²) in [6, 6.07) is 11.6. The number of nitrogens with one attached hydrogen (secondary N) is 1. The van der Waals surface area contributed by atoms with Crippen molar-refractivity contribution in [2.75, 3.05) is 5.73 Å². The smallest absolute Gasteiger partial charge is 0.254 e. The van der Waals surface area contributed by atoms with Gasteiger partial charge in [-0.05, 0) is 43.2 Å². The van der Waals surface area contributed by atoms with Crippen LogP contribution in [0.1, 0.15) is 34.5 Å². The molecule has 0 fully saturated rings. The Kier molecular flexibility index (Phi) is 4.03. The second-order valence-corrected chi connectivity index (χ2v) is 4.79. The van der Waals surface area contributed by atoms with Crippen molar-refractivity contribution in [3.05, 3.63) is 65.0 Å². The van der Waals surface area contributed by atoms with Crippen LogP contribution in [0.15, 0.2) is 42.5 Å². The number of anilines is 1. The number of nitrogen functional groups attached to an aromatic ring is 1. The summed E-state index contributed by atoms with van der Waals surface area (Å²) in [5, 5.41) is 2.79. The maximum absolute atomic E-state index is 13.7. The van der Waals surface area contributed by atoms with Gasteiger partial charge >= 0.3 is 0 Å². The summed E-state index contributed by atoms with van der Waals surface area (Å²) in [6.07, 6.45) is 0. The van der Waals surface area contributed by atoms with E-state index in [1.807, 2.05) is 38.1 Å². The largest absolute Gasteiger partial charge is 0.399 e. The van der Waals surface area contributed by atoms with Gasteiger partial charge in [-0.15, -0.1) is 0 Å². The van der Waals surface area contributed by atoms with Gasteiger partial charge in [0, 0.05) is 5.69 Å². The molecule has 2 aromatic carbocycles. The molecule has 104 valence electrons. The predicted octanol–water partition coefficient (Wildman–Crippen LogP) is 3.21. The molecule has 20 heavy (non-hydrogen) atoms. The third kappa shape index (κ3) is 2.96. The van der Waals surface area contributed by atoms with Gasteiger partial charge in [0.25, 0.3) is 5.91 Å². The summed E-state index contributed by atoms with van der Waals surface area (Å²) in [4.78, 5) is 12.1. The van der Waals surface area contributed by atoms with Crippen molar-refractivity contribution in [1.82, 2.24) is 5.32 Å². The maximum Gasteiger partial charge on any atom is 0.254 e. The molecule has 2 aromatic rings. The molecule has 0 saturated heterocycles.